The Hall–Kier alpha value is -3.18. The maximum Gasteiger partial charge on any atom is 0.152 e. The fraction of sp³-hybridized carbons (Fsp3) is 0.240. The van der Waals surface area contributed by atoms with Gasteiger partial charge in [-0.25, -0.2) is 9.07 Å². The molecule has 0 aliphatic heterocycles. The normalized spacial score (nSPS) is 14.4. The van der Waals surface area contributed by atoms with Crippen LogP contribution in [0.1, 0.15) is 31.2 Å². The predicted octanol–water partition coefficient (Wildman–Crippen LogP) is 5.97. The van der Waals surface area contributed by atoms with Crippen LogP contribution < -0.4 is 5.32 Å². The lowest BCUT2D eigenvalue weighted by atomic mass is 10.1. The van der Waals surface area contributed by atoms with Crippen LogP contribution in [0, 0.1) is 5.82 Å². The Morgan fingerprint density at radius 2 is 1.67 bits per heavy atom. The highest BCUT2D eigenvalue weighted by molar-refractivity contribution is 5.66. The first-order valence-electron chi connectivity index (χ1n) is 10.5. The molecular weight excluding hydrogens is 377 g/mol. The van der Waals surface area contributed by atoms with Gasteiger partial charge in [0, 0.05) is 18.2 Å². The lowest BCUT2D eigenvalue weighted by Gasteiger charge is -2.13. The minimum Gasteiger partial charge on any atom is -0.463 e. The van der Waals surface area contributed by atoms with Crippen molar-refractivity contribution in [2.24, 2.45) is 0 Å². The number of halogens is 1. The standard InChI is InChI=1S/C25H24FN3O/c26-21-11-7-18(8-12-21)19-9-13-23(14-10-19)29-25(24-6-3-15-30-24)20(17-28-29)16-27-22-4-1-2-5-22/h3,6-15,17,22,27H,1-2,4-5,16H2. The summed E-state index contributed by atoms with van der Waals surface area (Å²) in [5, 5.41) is 8.34. The quantitative estimate of drug-likeness (QED) is 0.433. The molecule has 1 N–H and O–H groups in total. The molecule has 1 saturated carbocycles. The third kappa shape index (κ3) is 3.81. The first-order valence-corrected chi connectivity index (χ1v) is 10.5. The van der Waals surface area contributed by atoms with Gasteiger partial charge in [0.1, 0.15) is 11.5 Å². The van der Waals surface area contributed by atoms with Crippen LogP contribution in [0.5, 0.6) is 0 Å². The number of furan rings is 1. The van der Waals surface area contributed by atoms with Crippen molar-refractivity contribution in [3.8, 4) is 28.3 Å². The highest BCUT2D eigenvalue weighted by atomic mass is 19.1. The lowest BCUT2D eigenvalue weighted by molar-refractivity contribution is 0.523. The van der Waals surface area contributed by atoms with Crippen molar-refractivity contribution in [2.45, 2.75) is 38.3 Å². The Morgan fingerprint density at radius 1 is 0.967 bits per heavy atom. The van der Waals surface area contributed by atoms with Crippen molar-refractivity contribution in [3.05, 3.63) is 84.5 Å². The predicted molar refractivity (Wildman–Crippen MR) is 116 cm³/mol. The molecule has 1 aliphatic carbocycles. The van der Waals surface area contributed by atoms with Crippen LogP contribution in [0.15, 0.2) is 77.5 Å². The SMILES string of the molecule is Fc1ccc(-c2ccc(-n3ncc(CNC4CCCC4)c3-c3ccco3)cc2)cc1. The van der Waals surface area contributed by atoms with Crippen LogP contribution in [0.4, 0.5) is 4.39 Å². The Bertz CT molecular complexity index is 1090. The fourth-order valence-corrected chi connectivity index (χ4v) is 4.21. The molecule has 0 bridgehead atoms. The molecule has 4 nitrogen and oxygen atoms in total. The molecule has 5 rings (SSSR count). The van der Waals surface area contributed by atoms with Crippen LogP contribution in [-0.4, -0.2) is 15.8 Å². The molecule has 0 saturated heterocycles. The van der Waals surface area contributed by atoms with Crippen LogP contribution >= 0.6 is 0 Å². The van der Waals surface area contributed by atoms with Gasteiger partial charge >= 0.3 is 0 Å². The van der Waals surface area contributed by atoms with Gasteiger partial charge in [-0.1, -0.05) is 37.1 Å². The van der Waals surface area contributed by atoms with E-state index >= 15 is 0 Å². The summed E-state index contributed by atoms with van der Waals surface area (Å²) in [6.07, 6.45) is 8.72. The van der Waals surface area contributed by atoms with Crippen LogP contribution in [-0.2, 0) is 6.54 Å². The van der Waals surface area contributed by atoms with Gasteiger partial charge in [0.05, 0.1) is 18.1 Å². The molecule has 0 spiro atoms. The van der Waals surface area contributed by atoms with E-state index in [-0.39, 0.29) is 5.82 Å². The summed E-state index contributed by atoms with van der Waals surface area (Å²) in [4.78, 5) is 0. The first-order chi connectivity index (χ1) is 14.8. The molecule has 30 heavy (non-hydrogen) atoms. The molecule has 4 aromatic rings. The molecule has 5 heteroatoms. The molecule has 0 amide bonds. The van der Waals surface area contributed by atoms with E-state index in [1.54, 1.807) is 18.4 Å². The van der Waals surface area contributed by atoms with Crippen molar-refractivity contribution in [3.63, 3.8) is 0 Å². The van der Waals surface area contributed by atoms with E-state index in [2.05, 4.69) is 10.4 Å². The minimum absolute atomic E-state index is 0.228. The second kappa shape index (κ2) is 8.28. The van der Waals surface area contributed by atoms with E-state index in [0.717, 1.165) is 40.4 Å². The molecular formula is C25H24FN3O. The summed E-state index contributed by atoms with van der Waals surface area (Å²) >= 11 is 0. The summed E-state index contributed by atoms with van der Waals surface area (Å²) in [6, 6.07) is 19.1. The van der Waals surface area contributed by atoms with Crippen molar-refractivity contribution in [1.29, 1.82) is 0 Å². The number of aromatic nitrogens is 2. The summed E-state index contributed by atoms with van der Waals surface area (Å²) in [7, 11) is 0. The second-order valence-corrected chi connectivity index (χ2v) is 7.82. The van der Waals surface area contributed by atoms with Crippen molar-refractivity contribution >= 4 is 0 Å². The molecule has 2 aromatic carbocycles. The van der Waals surface area contributed by atoms with Crippen molar-refractivity contribution in [1.82, 2.24) is 15.1 Å². The van der Waals surface area contributed by atoms with E-state index in [4.69, 9.17) is 4.42 Å². The maximum absolute atomic E-state index is 13.2. The molecule has 0 radical (unpaired) electrons. The van der Waals surface area contributed by atoms with E-state index in [0.29, 0.717) is 6.04 Å². The van der Waals surface area contributed by atoms with Crippen molar-refractivity contribution < 1.29 is 8.81 Å². The zero-order valence-electron chi connectivity index (χ0n) is 16.7. The van der Waals surface area contributed by atoms with Gasteiger partial charge in [0.2, 0.25) is 0 Å². The number of nitrogens with zero attached hydrogens (tertiary/aromatic N) is 2. The monoisotopic (exact) mass is 401 g/mol. The van der Waals surface area contributed by atoms with Gasteiger partial charge in [0.15, 0.2) is 5.76 Å². The van der Waals surface area contributed by atoms with Gasteiger partial charge in [-0.05, 0) is 60.4 Å². The fourth-order valence-electron chi connectivity index (χ4n) is 4.21. The highest BCUT2D eigenvalue weighted by Gasteiger charge is 2.19. The zero-order chi connectivity index (χ0) is 20.3. The number of benzene rings is 2. The molecule has 0 unspecified atom stereocenters. The first kappa shape index (κ1) is 18.8. The van der Waals surface area contributed by atoms with Gasteiger partial charge in [0.25, 0.3) is 0 Å². The van der Waals surface area contributed by atoms with Crippen LogP contribution in [0.2, 0.25) is 0 Å². The Labute approximate surface area is 175 Å². The van der Waals surface area contributed by atoms with E-state index in [1.807, 2.05) is 47.3 Å². The van der Waals surface area contributed by atoms with Gasteiger partial charge in [-0.15, -0.1) is 0 Å². The smallest absolute Gasteiger partial charge is 0.152 e. The third-order valence-corrected chi connectivity index (χ3v) is 5.83. The van der Waals surface area contributed by atoms with E-state index in [9.17, 15) is 4.39 Å². The van der Waals surface area contributed by atoms with Crippen LogP contribution in [0.3, 0.4) is 0 Å². The van der Waals surface area contributed by atoms with Gasteiger partial charge < -0.3 is 9.73 Å². The van der Waals surface area contributed by atoms with E-state index in [1.165, 1.54) is 37.8 Å². The summed E-state index contributed by atoms with van der Waals surface area (Å²) in [5.41, 5.74) is 5.07. The number of hydrogen-bond acceptors (Lipinski definition) is 3. The maximum atomic E-state index is 13.2. The molecule has 0 atom stereocenters. The zero-order valence-corrected chi connectivity index (χ0v) is 16.7. The number of rotatable bonds is 6. The van der Waals surface area contributed by atoms with Gasteiger partial charge in [-0.2, -0.15) is 5.10 Å². The Balaban J connectivity index is 1.45. The minimum atomic E-state index is -0.228. The highest BCUT2D eigenvalue weighted by Crippen LogP contribution is 2.29. The number of hydrogen-bond donors (Lipinski definition) is 1. The Morgan fingerprint density at radius 3 is 2.33 bits per heavy atom. The van der Waals surface area contributed by atoms with Crippen molar-refractivity contribution in [2.75, 3.05) is 0 Å². The summed E-state index contributed by atoms with van der Waals surface area (Å²) in [5.74, 6) is 0.576. The molecule has 1 fully saturated rings. The van der Waals surface area contributed by atoms with Crippen LogP contribution in [0.25, 0.3) is 28.3 Å². The third-order valence-electron chi connectivity index (χ3n) is 5.83. The molecule has 2 aromatic heterocycles. The molecule has 1 aliphatic rings. The molecule has 2 heterocycles. The number of nitrogens with one attached hydrogen (secondary N) is 1. The largest absolute Gasteiger partial charge is 0.463 e. The van der Waals surface area contributed by atoms with Gasteiger partial charge in [-0.3, -0.25) is 0 Å². The summed E-state index contributed by atoms with van der Waals surface area (Å²) in [6.45, 7) is 0.772. The lowest BCUT2D eigenvalue weighted by Crippen LogP contribution is -2.25. The average molecular weight is 401 g/mol. The molecule has 152 valence electrons. The van der Waals surface area contributed by atoms with E-state index < -0.39 is 0 Å². The second-order valence-electron chi connectivity index (χ2n) is 7.82. The summed E-state index contributed by atoms with van der Waals surface area (Å²) < 4.78 is 20.9. The Kier molecular flexibility index (Phi) is 5.20. The topological polar surface area (TPSA) is 43.0 Å². The average Bonchev–Trinajstić information content (AvgIpc) is 3.54.